The van der Waals surface area contributed by atoms with Crippen molar-refractivity contribution in [2.24, 2.45) is 0 Å². The van der Waals surface area contributed by atoms with Gasteiger partial charge in [-0.1, -0.05) is 0 Å². The fraction of sp³-hybridized carbons (Fsp3) is 0.154. The van der Waals surface area contributed by atoms with Crippen LogP contribution < -0.4 is 4.73 Å². The molecular weight excluding hydrogens is 256 g/mol. The van der Waals surface area contributed by atoms with E-state index >= 15 is 0 Å². The van der Waals surface area contributed by atoms with Crippen LogP contribution in [0.4, 0.5) is 8.78 Å². The van der Waals surface area contributed by atoms with E-state index in [1.165, 1.54) is 18.0 Å². The summed E-state index contributed by atoms with van der Waals surface area (Å²) in [6, 6.07) is 8.32. The first-order valence-electron chi connectivity index (χ1n) is 5.37. The Labute approximate surface area is 108 Å². The Kier molecular flexibility index (Phi) is 3.81. The van der Waals surface area contributed by atoms with Crippen LogP contribution in [0.2, 0.25) is 0 Å². The quantitative estimate of drug-likeness (QED) is 0.484. The van der Waals surface area contributed by atoms with E-state index in [2.05, 4.69) is 0 Å². The van der Waals surface area contributed by atoms with Gasteiger partial charge < -0.3 is 5.21 Å². The summed E-state index contributed by atoms with van der Waals surface area (Å²) >= 11 is 1.19. The Bertz CT molecular complexity index is 562. The zero-order valence-corrected chi connectivity index (χ0v) is 10.5. The predicted molar refractivity (Wildman–Crippen MR) is 66.0 cm³/mol. The average molecular weight is 267 g/mol. The van der Waals surface area contributed by atoms with Crippen molar-refractivity contribution in [1.82, 2.24) is 0 Å². The molecule has 1 aromatic heterocycles. The van der Waals surface area contributed by atoms with Gasteiger partial charge in [-0.25, -0.2) is 8.78 Å². The van der Waals surface area contributed by atoms with Gasteiger partial charge in [-0.3, -0.25) is 0 Å². The van der Waals surface area contributed by atoms with Crippen molar-refractivity contribution in [1.29, 1.82) is 0 Å². The van der Waals surface area contributed by atoms with E-state index in [0.29, 0.717) is 9.76 Å². The summed E-state index contributed by atoms with van der Waals surface area (Å²) in [5, 5.41) is 11.6. The Balaban J connectivity index is 2.25. The first-order chi connectivity index (χ1) is 8.58. The van der Waals surface area contributed by atoms with Crippen LogP contribution in [-0.4, -0.2) is 0 Å². The largest absolute Gasteiger partial charge is 0.618 e. The van der Waals surface area contributed by atoms with E-state index in [4.69, 9.17) is 0 Å². The van der Waals surface area contributed by atoms with Crippen LogP contribution in [-0.2, 0) is 0 Å². The molecule has 0 radical (unpaired) electrons. The van der Waals surface area contributed by atoms with Gasteiger partial charge in [-0.2, -0.15) is 4.73 Å². The first kappa shape index (κ1) is 12.8. The molecule has 2 rings (SSSR count). The molecule has 1 atom stereocenters. The van der Waals surface area contributed by atoms with Crippen molar-refractivity contribution in [3.05, 3.63) is 65.0 Å². The molecule has 1 heterocycles. The lowest BCUT2D eigenvalue weighted by Crippen LogP contribution is -2.27. The molecule has 0 spiro atoms. The number of benzene rings is 1. The van der Waals surface area contributed by atoms with Gasteiger partial charge in [0.1, 0.15) is 11.6 Å². The maximum absolute atomic E-state index is 13.6. The molecular formula is C13H11F2NOS. The third-order valence-electron chi connectivity index (χ3n) is 2.48. The summed E-state index contributed by atoms with van der Waals surface area (Å²) < 4.78 is 27.3. The number of halogens is 2. The van der Waals surface area contributed by atoms with E-state index in [-0.39, 0.29) is 10.8 Å². The highest BCUT2D eigenvalue weighted by molar-refractivity contribution is 7.99. The standard InChI is InChI=1S/C13H11F2NOS/c1-9(11-8-10(14)5-6-12(11)15)18-13-4-2-3-7-16(13)17/h2-9H,1H3. The molecule has 1 aromatic carbocycles. The van der Waals surface area contributed by atoms with Gasteiger partial charge in [0.15, 0.2) is 6.20 Å². The lowest BCUT2D eigenvalue weighted by Gasteiger charge is -2.12. The Morgan fingerprint density at radius 1 is 1.22 bits per heavy atom. The zero-order valence-electron chi connectivity index (χ0n) is 9.64. The maximum Gasteiger partial charge on any atom is 0.251 e. The first-order valence-corrected chi connectivity index (χ1v) is 6.25. The molecule has 0 amide bonds. The van der Waals surface area contributed by atoms with Crippen LogP contribution in [0.5, 0.6) is 0 Å². The molecule has 94 valence electrons. The monoisotopic (exact) mass is 267 g/mol. The normalized spacial score (nSPS) is 12.4. The van der Waals surface area contributed by atoms with Gasteiger partial charge >= 0.3 is 0 Å². The van der Waals surface area contributed by atoms with Gasteiger partial charge in [-0.05, 0) is 43.0 Å². The molecule has 0 saturated carbocycles. The third kappa shape index (κ3) is 2.79. The van der Waals surface area contributed by atoms with Crippen molar-refractivity contribution in [3.8, 4) is 0 Å². The molecule has 2 nitrogen and oxygen atoms in total. The van der Waals surface area contributed by atoms with Gasteiger partial charge in [0.2, 0.25) is 0 Å². The summed E-state index contributed by atoms with van der Waals surface area (Å²) in [5.41, 5.74) is 0.254. The zero-order chi connectivity index (χ0) is 13.1. The van der Waals surface area contributed by atoms with Crippen LogP contribution in [0.25, 0.3) is 0 Å². The minimum atomic E-state index is -0.484. The number of aromatic nitrogens is 1. The van der Waals surface area contributed by atoms with E-state index in [0.717, 1.165) is 18.2 Å². The minimum absolute atomic E-state index is 0.254. The Morgan fingerprint density at radius 3 is 2.72 bits per heavy atom. The van der Waals surface area contributed by atoms with E-state index < -0.39 is 11.6 Å². The highest BCUT2D eigenvalue weighted by Crippen LogP contribution is 2.34. The summed E-state index contributed by atoms with van der Waals surface area (Å²) in [4.78, 5) is 0. The smallest absolute Gasteiger partial charge is 0.251 e. The van der Waals surface area contributed by atoms with Gasteiger partial charge in [0.25, 0.3) is 5.03 Å². The Hall–Kier alpha value is -1.62. The molecule has 0 aliphatic carbocycles. The van der Waals surface area contributed by atoms with E-state index in [9.17, 15) is 14.0 Å². The second-order valence-electron chi connectivity index (χ2n) is 3.79. The molecule has 0 N–H and O–H groups in total. The molecule has 18 heavy (non-hydrogen) atoms. The summed E-state index contributed by atoms with van der Waals surface area (Å²) in [6.07, 6.45) is 1.37. The lowest BCUT2D eigenvalue weighted by atomic mass is 10.1. The number of rotatable bonds is 3. The van der Waals surface area contributed by atoms with Crippen LogP contribution >= 0.6 is 11.8 Å². The van der Waals surface area contributed by atoms with Gasteiger partial charge in [0, 0.05) is 22.9 Å². The van der Waals surface area contributed by atoms with Crippen molar-refractivity contribution in [2.45, 2.75) is 17.2 Å². The minimum Gasteiger partial charge on any atom is -0.618 e. The van der Waals surface area contributed by atoms with Crippen molar-refractivity contribution in [2.75, 3.05) is 0 Å². The number of hydrogen-bond acceptors (Lipinski definition) is 2. The fourth-order valence-corrected chi connectivity index (χ4v) is 2.57. The van der Waals surface area contributed by atoms with Crippen molar-refractivity contribution < 1.29 is 13.5 Å². The summed E-state index contributed by atoms with van der Waals surface area (Å²) in [6.45, 7) is 1.73. The predicted octanol–water partition coefficient (Wildman–Crippen LogP) is 3.45. The van der Waals surface area contributed by atoms with E-state index in [1.807, 2.05) is 0 Å². The second kappa shape index (κ2) is 5.35. The fourth-order valence-electron chi connectivity index (χ4n) is 1.57. The molecule has 5 heteroatoms. The second-order valence-corrected chi connectivity index (χ2v) is 5.15. The topological polar surface area (TPSA) is 26.9 Å². The molecule has 0 bridgehead atoms. The van der Waals surface area contributed by atoms with Crippen LogP contribution in [0, 0.1) is 16.8 Å². The van der Waals surface area contributed by atoms with Gasteiger partial charge in [0.05, 0.1) is 0 Å². The number of thioether (sulfide) groups is 1. The van der Waals surface area contributed by atoms with E-state index in [1.54, 1.807) is 25.1 Å². The number of nitrogens with zero attached hydrogens (tertiary/aromatic N) is 1. The number of hydrogen-bond donors (Lipinski definition) is 0. The molecule has 2 aromatic rings. The lowest BCUT2D eigenvalue weighted by molar-refractivity contribution is -0.645. The molecule has 0 aliphatic heterocycles. The maximum atomic E-state index is 13.6. The highest BCUT2D eigenvalue weighted by Gasteiger charge is 2.17. The van der Waals surface area contributed by atoms with Crippen molar-refractivity contribution in [3.63, 3.8) is 0 Å². The number of pyridine rings is 1. The van der Waals surface area contributed by atoms with Crippen LogP contribution in [0.1, 0.15) is 17.7 Å². The summed E-state index contributed by atoms with van der Waals surface area (Å²) in [7, 11) is 0. The molecule has 0 fully saturated rings. The average Bonchev–Trinajstić information content (AvgIpc) is 2.35. The van der Waals surface area contributed by atoms with Crippen molar-refractivity contribution >= 4 is 11.8 Å². The SMILES string of the molecule is CC(Sc1cccc[n+]1[O-])c1cc(F)ccc1F. The molecule has 1 unspecified atom stereocenters. The van der Waals surface area contributed by atoms with Crippen LogP contribution in [0.3, 0.4) is 0 Å². The van der Waals surface area contributed by atoms with Gasteiger partial charge in [-0.15, -0.1) is 0 Å². The summed E-state index contributed by atoms with van der Waals surface area (Å²) in [5.74, 6) is -0.952. The van der Waals surface area contributed by atoms with Crippen LogP contribution in [0.15, 0.2) is 47.6 Å². The molecule has 0 saturated heterocycles. The third-order valence-corrected chi connectivity index (χ3v) is 3.65. The molecule has 0 aliphatic rings. The highest BCUT2D eigenvalue weighted by atomic mass is 32.2. The Morgan fingerprint density at radius 2 is 2.00 bits per heavy atom.